The van der Waals surface area contributed by atoms with Crippen molar-refractivity contribution in [1.82, 2.24) is 15.3 Å². The van der Waals surface area contributed by atoms with Crippen LogP contribution in [0.1, 0.15) is 24.4 Å². The normalized spacial score (nSPS) is 12.6. The monoisotopic (exact) mass is 279 g/mol. The summed E-state index contributed by atoms with van der Waals surface area (Å²) < 4.78 is 1.11. The predicted octanol–water partition coefficient (Wildman–Crippen LogP) is 3.02. The van der Waals surface area contributed by atoms with Gasteiger partial charge < -0.3 is 10.3 Å². The van der Waals surface area contributed by atoms with Gasteiger partial charge in [0.1, 0.15) is 5.82 Å². The van der Waals surface area contributed by atoms with E-state index in [4.69, 9.17) is 0 Å². The molecule has 0 bridgehead atoms. The van der Waals surface area contributed by atoms with Crippen LogP contribution in [-0.4, -0.2) is 9.97 Å². The lowest BCUT2D eigenvalue weighted by atomic mass is 10.2. The molecule has 84 valence electrons. The van der Waals surface area contributed by atoms with Crippen LogP contribution in [0.4, 0.5) is 0 Å². The van der Waals surface area contributed by atoms with Gasteiger partial charge in [-0.05, 0) is 24.6 Å². The van der Waals surface area contributed by atoms with Crippen molar-refractivity contribution in [1.29, 1.82) is 0 Å². The lowest BCUT2D eigenvalue weighted by Gasteiger charge is -2.11. The van der Waals surface area contributed by atoms with Gasteiger partial charge in [-0.25, -0.2) is 4.98 Å². The van der Waals surface area contributed by atoms with Crippen LogP contribution in [0.25, 0.3) is 0 Å². The molecule has 2 rings (SSSR count). The molecule has 0 spiro atoms. The number of benzene rings is 1. The van der Waals surface area contributed by atoms with Crippen LogP contribution in [0.15, 0.2) is 41.1 Å². The van der Waals surface area contributed by atoms with Gasteiger partial charge in [-0.2, -0.15) is 0 Å². The Balaban J connectivity index is 1.90. The molecule has 0 radical (unpaired) electrons. The standard InChI is InChI=1S/C12H14BrN3/c1-9(12-14-6-7-15-12)16-8-10-2-4-11(13)5-3-10/h2-7,9,16H,8H2,1H3,(H,14,15). The van der Waals surface area contributed by atoms with E-state index in [1.165, 1.54) is 5.56 Å². The summed E-state index contributed by atoms with van der Waals surface area (Å²) in [7, 11) is 0. The van der Waals surface area contributed by atoms with Crippen molar-refractivity contribution >= 4 is 15.9 Å². The highest BCUT2D eigenvalue weighted by atomic mass is 79.9. The third-order valence-electron chi connectivity index (χ3n) is 2.46. The minimum absolute atomic E-state index is 0.235. The van der Waals surface area contributed by atoms with Crippen LogP contribution >= 0.6 is 15.9 Å². The molecule has 0 aliphatic rings. The van der Waals surface area contributed by atoms with Crippen molar-refractivity contribution in [2.24, 2.45) is 0 Å². The van der Waals surface area contributed by atoms with E-state index in [1.54, 1.807) is 6.20 Å². The van der Waals surface area contributed by atoms with Crippen LogP contribution in [0.5, 0.6) is 0 Å². The second-order valence-electron chi connectivity index (χ2n) is 3.70. The molecular weight excluding hydrogens is 266 g/mol. The smallest absolute Gasteiger partial charge is 0.122 e. The fraction of sp³-hybridized carbons (Fsp3) is 0.250. The number of H-pyrrole nitrogens is 1. The number of imidazole rings is 1. The van der Waals surface area contributed by atoms with Crippen molar-refractivity contribution in [3.05, 3.63) is 52.5 Å². The van der Waals surface area contributed by atoms with Gasteiger partial charge in [-0.15, -0.1) is 0 Å². The molecule has 1 atom stereocenters. The quantitative estimate of drug-likeness (QED) is 0.903. The summed E-state index contributed by atoms with van der Waals surface area (Å²) in [6.07, 6.45) is 3.61. The Morgan fingerprint density at radius 3 is 2.75 bits per heavy atom. The van der Waals surface area contributed by atoms with Crippen LogP contribution in [0.2, 0.25) is 0 Å². The van der Waals surface area contributed by atoms with Gasteiger partial charge in [0.05, 0.1) is 6.04 Å². The fourth-order valence-electron chi connectivity index (χ4n) is 1.48. The largest absolute Gasteiger partial charge is 0.347 e. The first-order chi connectivity index (χ1) is 7.75. The number of hydrogen-bond acceptors (Lipinski definition) is 2. The topological polar surface area (TPSA) is 40.7 Å². The number of nitrogens with one attached hydrogen (secondary N) is 2. The van der Waals surface area contributed by atoms with E-state index >= 15 is 0 Å². The Kier molecular flexibility index (Phi) is 3.74. The maximum atomic E-state index is 4.22. The maximum absolute atomic E-state index is 4.22. The molecule has 0 aliphatic heterocycles. The minimum atomic E-state index is 0.235. The van der Waals surface area contributed by atoms with E-state index in [0.29, 0.717) is 0 Å². The highest BCUT2D eigenvalue weighted by Gasteiger charge is 2.06. The van der Waals surface area contributed by atoms with E-state index in [9.17, 15) is 0 Å². The SMILES string of the molecule is CC(NCc1ccc(Br)cc1)c1ncc[nH]1. The second kappa shape index (κ2) is 5.27. The van der Waals surface area contributed by atoms with Crippen molar-refractivity contribution in [3.8, 4) is 0 Å². The summed E-state index contributed by atoms with van der Waals surface area (Å²) in [5.41, 5.74) is 1.27. The molecule has 1 aromatic carbocycles. The number of aromatic amines is 1. The molecule has 2 N–H and O–H groups in total. The van der Waals surface area contributed by atoms with Crippen molar-refractivity contribution in [2.45, 2.75) is 19.5 Å². The highest BCUT2D eigenvalue weighted by Crippen LogP contribution is 2.12. The van der Waals surface area contributed by atoms with Gasteiger partial charge in [-0.1, -0.05) is 28.1 Å². The van der Waals surface area contributed by atoms with E-state index in [2.05, 4.69) is 62.4 Å². The molecule has 1 unspecified atom stereocenters. The van der Waals surface area contributed by atoms with Crippen molar-refractivity contribution in [3.63, 3.8) is 0 Å². The molecule has 0 saturated heterocycles. The second-order valence-corrected chi connectivity index (χ2v) is 4.62. The zero-order valence-corrected chi connectivity index (χ0v) is 10.7. The first kappa shape index (κ1) is 11.4. The summed E-state index contributed by atoms with van der Waals surface area (Å²) in [4.78, 5) is 7.32. The summed E-state index contributed by atoms with van der Waals surface area (Å²) in [6, 6.07) is 8.54. The Bertz CT molecular complexity index is 422. The molecule has 0 amide bonds. The summed E-state index contributed by atoms with van der Waals surface area (Å²) >= 11 is 3.42. The fourth-order valence-corrected chi connectivity index (χ4v) is 1.75. The average Bonchev–Trinajstić information content (AvgIpc) is 2.81. The maximum Gasteiger partial charge on any atom is 0.122 e. The molecule has 3 nitrogen and oxygen atoms in total. The molecule has 0 saturated carbocycles. The predicted molar refractivity (Wildman–Crippen MR) is 68.0 cm³/mol. The third kappa shape index (κ3) is 2.93. The minimum Gasteiger partial charge on any atom is -0.347 e. The Morgan fingerprint density at radius 2 is 2.12 bits per heavy atom. The van der Waals surface area contributed by atoms with Crippen LogP contribution < -0.4 is 5.32 Å². The van der Waals surface area contributed by atoms with Gasteiger partial charge >= 0.3 is 0 Å². The number of nitrogens with zero attached hydrogens (tertiary/aromatic N) is 1. The molecule has 16 heavy (non-hydrogen) atoms. The molecule has 1 heterocycles. The molecule has 4 heteroatoms. The third-order valence-corrected chi connectivity index (χ3v) is 2.98. The van der Waals surface area contributed by atoms with Gasteiger partial charge in [0, 0.05) is 23.4 Å². The molecule has 2 aromatic rings. The number of aromatic nitrogens is 2. The number of hydrogen-bond donors (Lipinski definition) is 2. The van der Waals surface area contributed by atoms with E-state index < -0.39 is 0 Å². The number of halogens is 1. The average molecular weight is 280 g/mol. The first-order valence-electron chi connectivity index (χ1n) is 5.23. The Labute approximate surface area is 103 Å². The van der Waals surface area contributed by atoms with E-state index in [1.807, 2.05) is 6.20 Å². The molecular formula is C12H14BrN3. The molecule has 0 aliphatic carbocycles. The van der Waals surface area contributed by atoms with E-state index in [-0.39, 0.29) is 6.04 Å². The zero-order valence-electron chi connectivity index (χ0n) is 9.07. The van der Waals surface area contributed by atoms with Crippen molar-refractivity contribution < 1.29 is 0 Å². The Hall–Kier alpha value is -1.13. The Morgan fingerprint density at radius 1 is 1.38 bits per heavy atom. The highest BCUT2D eigenvalue weighted by molar-refractivity contribution is 9.10. The summed E-state index contributed by atoms with van der Waals surface area (Å²) in [5, 5.41) is 3.41. The van der Waals surface area contributed by atoms with Crippen LogP contribution in [0.3, 0.4) is 0 Å². The lowest BCUT2D eigenvalue weighted by molar-refractivity contribution is 0.551. The van der Waals surface area contributed by atoms with Crippen LogP contribution in [0, 0.1) is 0 Å². The molecule has 0 fully saturated rings. The van der Waals surface area contributed by atoms with Gasteiger partial charge in [0.25, 0.3) is 0 Å². The summed E-state index contributed by atoms with van der Waals surface area (Å²) in [5.74, 6) is 0.970. The first-order valence-corrected chi connectivity index (χ1v) is 6.02. The number of rotatable bonds is 4. The zero-order chi connectivity index (χ0) is 11.4. The van der Waals surface area contributed by atoms with Crippen molar-refractivity contribution in [2.75, 3.05) is 0 Å². The van der Waals surface area contributed by atoms with Gasteiger partial charge in [0.2, 0.25) is 0 Å². The van der Waals surface area contributed by atoms with E-state index in [0.717, 1.165) is 16.8 Å². The summed E-state index contributed by atoms with van der Waals surface area (Å²) in [6.45, 7) is 2.94. The van der Waals surface area contributed by atoms with Gasteiger partial charge in [0.15, 0.2) is 0 Å². The molecule has 1 aromatic heterocycles. The van der Waals surface area contributed by atoms with Crippen LogP contribution in [-0.2, 0) is 6.54 Å². The lowest BCUT2D eigenvalue weighted by Crippen LogP contribution is -2.19. The van der Waals surface area contributed by atoms with Gasteiger partial charge in [-0.3, -0.25) is 0 Å².